The lowest BCUT2D eigenvalue weighted by atomic mass is 10.1. The molecule has 0 fully saturated rings. The molecule has 0 radical (unpaired) electrons. The maximum atomic E-state index is 13.2. The molecule has 0 saturated carbocycles. The van der Waals surface area contributed by atoms with Crippen LogP contribution in [0.25, 0.3) is 11.5 Å². The second-order valence-corrected chi connectivity index (χ2v) is 6.68. The van der Waals surface area contributed by atoms with Crippen molar-refractivity contribution < 1.29 is 27.2 Å². The lowest BCUT2D eigenvalue weighted by Gasteiger charge is -2.28. The van der Waals surface area contributed by atoms with E-state index in [4.69, 9.17) is 9.26 Å². The lowest BCUT2D eigenvalue weighted by molar-refractivity contribution is -0.141. The summed E-state index contributed by atoms with van der Waals surface area (Å²) in [5.41, 5.74) is -0.214. The number of aromatic nitrogens is 4. The number of rotatable bonds is 7. The number of aryl methyl sites for hydroxylation is 1. The first-order chi connectivity index (χ1) is 14.7. The third-order valence-electron chi connectivity index (χ3n) is 4.44. The van der Waals surface area contributed by atoms with Gasteiger partial charge in [-0.3, -0.25) is 4.79 Å². The van der Waals surface area contributed by atoms with Crippen LogP contribution >= 0.6 is 0 Å². The molecule has 31 heavy (non-hydrogen) atoms. The number of carbonyl (C=O) groups excluding carboxylic acids is 1. The number of likely N-dealkylation sites (N-methyl/N-ethyl adjacent to an activating group) is 1. The molecule has 0 spiro atoms. The minimum Gasteiger partial charge on any atom is -0.474 e. The molecule has 8 nitrogen and oxygen atoms in total. The summed E-state index contributed by atoms with van der Waals surface area (Å²) in [5.74, 6) is 0.346. The number of carbonyl (C=O) groups is 1. The van der Waals surface area contributed by atoms with Gasteiger partial charge in [-0.15, -0.1) is 0 Å². The zero-order valence-electron chi connectivity index (χ0n) is 17.1. The minimum absolute atomic E-state index is 0.0153. The van der Waals surface area contributed by atoms with Crippen molar-refractivity contribution in [3.05, 3.63) is 53.7 Å². The Morgan fingerprint density at radius 2 is 1.97 bits per heavy atom. The monoisotopic (exact) mass is 435 g/mol. The maximum Gasteiger partial charge on any atom is 0.434 e. The van der Waals surface area contributed by atoms with Gasteiger partial charge in [-0.05, 0) is 32.9 Å². The van der Waals surface area contributed by atoms with Crippen LogP contribution in [-0.4, -0.2) is 50.1 Å². The molecule has 0 aliphatic rings. The third-order valence-corrected chi connectivity index (χ3v) is 4.44. The van der Waals surface area contributed by atoms with E-state index in [2.05, 4.69) is 20.1 Å². The fraction of sp³-hybridized carbons (Fsp3) is 0.350. The number of nitrogens with zero attached hydrogens (tertiary/aromatic N) is 5. The van der Waals surface area contributed by atoms with Crippen LogP contribution in [0.2, 0.25) is 0 Å². The van der Waals surface area contributed by atoms with Crippen molar-refractivity contribution in [2.45, 2.75) is 33.0 Å². The van der Waals surface area contributed by atoms with Gasteiger partial charge >= 0.3 is 6.18 Å². The summed E-state index contributed by atoms with van der Waals surface area (Å²) in [5, 5.41) is 3.76. The molecular formula is C20H20F3N5O3. The van der Waals surface area contributed by atoms with Crippen molar-refractivity contribution in [2.24, 2.45) is 0 Å². The highest BCUT2D eigenvalue weighted by Crippen LogP contribution is 2.27. The number of halogens is 3. The fourth-order valence-electron chi connectivity index (χ4n) is 2.91. The fourth-order valence-corrected chi connectivity index (χ4v) is 2.91. The van der Waals surface area contributed by atoms with Crippen LogP contribution in [0.15, 0.2) is 41.2 Å². The maximum absolute atomic E-state index is 13.2. The van der Waals surface area contributed by atoms with E-state index in [1.807, 2.05) is 6.92 Å². The smallest absolute Gasteiger partial charge is 0.434 e. The minimum atomic E-state index is -4.57. The van der Waals surface area contributed by atoms with Gasteiger partial charge in [0, 0.05) is 6.54 Å². The van der Waals surface area contributed by atoms with Crippen molar-refractivity contribution in [1.29, 1.82) is 0 Å². The lowest BCUT2D eigenvalue weighted by Crippen LogP contribution is -2.42. The Kier molecular flexibility index (Phi) is 6.52. The Bertz CT molecular complexity index is 1040. The molecule has 3 aromatic rings. The summed E-state index contributed by atoms with van der Waals surface area (Å²) in [4.78, 5) is 25.9. The average molecular weight is 435 g/mol. The van der Waals surface area contributed by atoms with E-state index in [9.17, 15) is 18.0 Å². The molecule has 0 N–H and O–H groups in total. The second kappa shape index (κ2) is 9.11. The van der Waals surface area contributed by atoms with E-state index < -0.39 is 17.9 Å². The third kappa shape index (κ3) is 5.16. The van der Waals surface area contributed by atoms with E-state index in [-0.39, 0.29) is 24.3 Å². The van der Waals surface area contributed by atoms with Gasteiger partial charge in [-0.25, -0.2) is 9.97 Å². The topological polar surface area (TPSA) is 94.2 Å². The Labute approximate surface area is 176 Å². The summed E-state index contributed by atoms with van der Waals surface area (Å²) in [6.45, 7) is 5.64. The summed E-state index contributed by atoms with van der Waals surface area (Å²) < 4.78 is 48.4. The normalized spacial score (nSPS) is 12.5. The molecule has 2 aromatic heterocycles. The van der Waals surface area contributed by atoms with Crippen LogP contribution in [0.3, 0.4) is 0 Å². The molecule has 1 unspecified atom stereocenters. The SMILES string of the molecule is CCN(C(=O)c1ccccc1-c1nc(C)no1)C(C)COc1cnc(C(F)(F)F)cn1. The molecule has 164 valence electrons. The van der Waals surface area contributed by atoms with Crippen LogP contribution in [0.4, 0.5) is 13.2 Å². The molecule has 0 saturated heterocycles. The van der Waals surface area contributed by atoms with Gasteiger partial charge in [0.1, 0.15) is 6.61 Å². The summed E-state index contributed by atoms with van der Waals surface area (Å²) in [6, 6.07) is 6.46. The zero-order valence-corrected chi connectivity index (χ0v) is 17.1. The van der Waals surface area contributed by atoms with Crippen molar-refractivity contribution in [2.75, 3.05) is 13.2 Å². The Morgan fingerprint density at radius 1 is 1.23 bits per heavy atom. The van der Waals surface area contributed by atoms with Crippen molar-refractivity contribution in [1.82, 2.24) is 25.0 Å². The van der Waals surface area contributed by atoms with Crippen molar-refractivity contribution >= 4 is 5.91 Å². The van der Waals surface area contributed by atoms with Crippen LogP contribution in [0, 0.1) is 6.92 Å². The van der Waals surface area contributed by atoms with Crippen LogP contribution in [-0.2, 0) is 6.18 Å². The van der Waals surface area contributed by atoms with Gasteiger partial charge in [0.05, 0.1) is 29.6 Å². The van der Waals surface area contributed by atoms with Crippen molar-refractivity contribution in [3.63, 3.8) is 0 Å². The van der Waals surface area contributed by atoms with Crippen LogP contribution in [0.5, 0.6) is 5.88 Å². The molecule has 1 atom stereocenters. The van der Waals surface area contributed by atoms with Crippen LogP contribution in [0.1, 0.15) is 35.7 Å². The van der Waals surface area contributed by atoms with Gasteiger partial charge in [-0.2, -0.15) is 18.2 Å². The highest BCUT2D eigenvalue weighted by atomic mass is 19.4. The zero-order chi connectivity index (χ0) is 22.6. The summed E-state index contributed by atoms with van der Waals surface area (Å²) >= 11 is 0. The van der Waals surface area contributed by atoms with E-state index in [1.165, 1.54) is 0 Å². The number of amides is 1. The van der Waals surface area contributed by atoms with Gasteiger partial charge < -0.3 is 14.2 Å². The van der Waals surface area contributed by atoms with Gasteiger partial charge in [0.15, 0.2) is 11.5 Å². The van der Waals surface area contributed by atoms with Gasteiger partial charge in [-0.1, -0.05) is 17.3 Å². The number of hydrogen-bond donors (Lipinski definition) is 0. The molecule has 0 aliphatic heterocycles. The molecule has 0 bridgehead atoms. The highest BCUT2D eigenvalue weighted by molar-refractivity contribution is 6.00. The van der Waals surface area contributed by atoms with Crippen molar-refractivity contribution in [3.8, 4) is 17.3 Å². The Hall–Kier alpha value is -3.50. The molecule has 1 amide bonds. The standard InChI is InChI=1S/C20H20F3N5O3/c1-4-28(12(2)11-30-17-10-24-16(9-25-17)20(21,22)23)19(29)15-8-6-5-7-14(15)18-26-13(3)27-31-18/h5-10,12H,4,11H2,1-3H3. The second-order valence-electron chi connectivity index (χ2n) is 6.68. The summed E-state index contributed by atoms with van der Waals surface area (Å²) in [6.07, 6.45) is -3.07. The van der Waals surface area contributed by atoms with E-state index >= 15 is 0 Å². The Balaban J connectivity index is 1.72. The van der Waals surface area contributed by atoms with E-state index in [0.717, 1.165) is 6.20 Å². The van der Waals surface area contributed by atoms with Gasteiger partial charge in [0.2, 0.25) is 5.88 Å². The number of benzene rings is 1. The molecular weight excluding hydrogens is 415 g/mol. The average Bonchev–Trinajstić information content (AvgIpc) is 3.18. The van der Waals surface area contributed by atoms with Crippen LogP contribution < -0.4 is 4.74 Å². The largest absolute Gasteiger partial charge is 0.474 e. The van der Waals surface area contributed by atoms with E-state index in [0.29, 0.717) is 29.7 Å². The van der Waals surface area contributed by atoms with E-state index in [1.54, 1.807) is 43.0 Å². The quantitative estimate of drug-likeness (QED) is 0.557. The first kappa shape index (κ1) is 22.2. The molecule has 11 heteroatoms. The highest BCUT2D eigenvalue weighted by Gasteiger charge is 2.33. The summed E-state index contributed by atoms with van der Waals surface area (Å²) in [7, 11) is 0. The Morgan fingerprint density at radius 3 is 2.55 bits per heavy atom. The predicted octanol–water partition coefficient (Wildman–Crippen LogP) is 3.78. The first-order valence-corrected chi connectivity index (χ1v) is 9.43. The first-order valence-electron chi connectivity index (χ1n) is 9.43. The predicted molar refractivity (Wildman–Crippen MR) is 103 cm³/mol. The number of hydrogen-bond acceptors (Lipinski definition) is 7. The van der Waals surface area contributed by atoms with Gasteiger partial charge in [0.25, 0.3) is 11.8 Å². The number of alkyl halides is 3. The molecule has 3 rings (SSSR count). The molecule has 1 aromatic carbocycles. The number of ether oxygens (including phenoxy) is 1. The molecule has 0 aliphatic carbocycles. The molecule has 2 heterocycles.